The summed E-state index contributed by atoms with van der Waals surface area (Å²) >= 11 is 0. The molecule has 4 aromatic rings. The van der Waals surface area contributed by atoms with Gasteiger partial charge < -0.3 is 9.73 Å². The van der Waals surface area contributed by atoms with Crippen molar-refractivity contribution in [2.24, 2.45) is 5.92 Å². The monoisotopic (exact) mass is 404 g/mol. The Labute approximate surface area is 174 Å². The summed E-state index contributed by atoms with van der Waals surface area (Å²) in [6.07, 6.45) is 9.24. The van der Waals surface area contributed by atoms with E-state index in [1.165, 1.54) is 24.5 Å². The minimum absolute atomic E-state index is 0.195. The van der Waals surface area contributed by atoms with E-state index in [9.17, 15) is 4.39 Å². The van der Waals surface area contributed by atoms with E-state index >= 15 is 0 Å². The third kappa shape index (κ3) is 3.86. The molecule has 30 heavy (non-hydrogen) atoms. The molecule has 5 nitrogen and oxygen atoms in total. The number of oxazole rings is 1. The molecule has 5 rings (SSSR count). The second-order valence-corrected chi connectivity index (χ2v) is 8.40. The zero-order chi connectivity index (χ0) is 20.5. The lowest BCUT2D eigenvalue weighted by molar-refractivity contribution is 0.301. The van der Waals surface area contributed by atoms with E-state index in [2.05, 4.69) is 33.3 Å². The van der Waals surface area contributed by atoms with E-state index in [4.69, 9.17) is 4.42 Å². The Balaban J connectivity index is 1.20. The van der Waals surface area contributed by atoms with Crippen LogP contribution >= 0.6 is 0 Å². The van der Waals surface area contributed by atoms with Gasteiger partial charge >= 0.3 is 0 Å². The SMILES string of the molecule is CC(CC1CCC(c2ccnc3ccc(F)cc23)CC1)Nc1nc2ncccc2o1. The highest BCUT2D eigenvalue weighted by molar-refractivity contribution is 5.82. The molecule has 1 atom stereocenters. The summed E-state index contributed by atoms with van der Waals surface area (Å²) in [6, 6.07) is 11.5. The predicted molar refractivity (Wildman–Crippen MR) is 116 cm³/mol. The van der Waals surface area contributed by atoms with Gasteiger partial charge in [0, 0.05) is 23.8 Å². The normalized spacial score (nSPS) is 20.5. The van der Waals surface area contributed by atoms with E-state index in [0.29, 0.717) is 29.1 Å². The molecule has 6 heteroatoms. The second-order valence-electron chi connectivity index (χ2n) is 8.40. The number of aromatic nitrogens is 3. The van der Waals surface area contributed by atoms with Crippen molar-refractivity contribution in [3.8, 4) is 0 Å². The van der Waals surface area contributed by atoms with Gasteiger partial charge in [0.15, 0.2) is 5.58 Å². The Hall–Kier alpha value is -3.02. The fourth-order valence-electron chi connectivity index (χ4n) is 4.81. The van der Waals surface area contributed by atoms with Crippen LogP contribution in [-0.2, 0) is 0 Å². The highest BCUT2D eigenvalue weighted by Crippen LogP contribution is 2.40. The first-order valence-electron chi connectivity index (χ1n) is 10.7. The average molecular weight is 404 g/mol. The van der Waals surface area contributed by atoms with Crippen LogP contribution in [0.5, 0.6) is 0 Å². The van der Waals surface area contributed by atoms with E-state index in [0.717, 1.165) is 30.2 Å². The maximum Gasteiger partial charge on any atom is 0.297 e. The highest BCUT2D eigenvalue weighted by Gasteiger charge is 2.25. The number of rotatable bonds is 5. The van der Waals surface area contributed by atoms with Crippen molar-refractivity contribution in [1.29, 1.82) is 0 Å². The lowest BCUT2D eigenvalue weighted by Gasteiger charge is -2.31. The second kappa shape index (κ2) is 8.01. The fourth-order valence-corrected chi connectivity index (χ4v) is 4.81. The van der Waals surface area contributed by atoms with E-state index in [-0.39, 0.29) is 11.9 Å². The molecule has 1 aliphatic carbocycles. The number of anilines is 1. The molecule has 0 saturated heterocycles. The Morgan fingerprint density at radius 2 is 1.97 bits per heavy atom. The molecule has 0 spiro atoms. The van der Waals surface area contributed by atoms with Gasteiger partial charge in [-0.3, -0.25) is 4.98 Å². The van der Waals surface area contributed by atoms with E-state index in [1.807, 2.05) is 18.3 Å². The summed E-state index contributed by atoms with van der Waals surface area (Å²) < 4.78 is 19.5. The van der Waals surface area contributed by atoms with Crippen molar-refractivity contribution >= 4 is 28.1 Å². The largest absolute Gasteiger partial charge is 0.422 e. The molecule has 1 N–H and O–H groups in total. The summed E-state index contributed by atoms with van der Waals surface area (Å²) in [4.78, 5) is 13.0. The van der Waals surface area contributed by atoms with Gasteiger partial charge in [-0.2, -0.15) is 4.98 Å². The molecule has 0 bridgehead atoms. The van der Waals surface area contributed by atoms with Crippen LogP contribution in [0, 0.1) is 11.7 Å². The number of benzene rings is 1. The van der Waals surface area contributed by atoms with Crippen molar-refractivity contribution in [3.63, 3.8) is 0 Å². The van der Waals surface area contributed by atoms with Crippen LogP contribution < -0.4 is 5.32 Å². The third-order valence-electron chi connectivity index (χ3n) is 6.25. The topological polar surface area (TPSA) is 63.8 Å². The summed E-state index contributed by atoms with van der Waals surface area (Å²) in [5, 5.41) is 4.34. The zero-order valence-electron chi connectivity index (χ0n) is 17.0. The molecule has 0 aliphatic heterocycles. The number of nitrogens with zero attached hydrogens (tertiary/aromatic N) is 3. The molecule has 1 aromatic carbocycles. The maximum atomic E-state index is 13.8. The van der Waals surface area contributed by atoms with Crippen molar-refractivity contribution < 1.29 is 8.81 Å². The highest BCUT2D eigenvalue weighted by atomic mass is 19.1. The molecule has 1 saturated carbocycles. The number of hydrogen-bond acceptors (Lipinski definition) is 5. The molecule has 1 aliphatic rings. The fraction of sp³-hybridized carbons (Fsp3) is 0.375. The first kappa shape index (κ1) is 19.0. The molecular weight excluding hydrogens is 379 g/mol. The van der Waals surface area contributed by atoms with Crippen molar-refractivity contribution in [2.75, 3.05) is 5.32 Å². The van der Waals surface area contributed by atoms with Crippen LogP contribution in [0.2, 0.25) is 0 Å². The Bertz CT molecular complexity index is 1130. The van der Waals surface area contributed by atoms with Crippen LogP contribution in [-0.4, -0.2) is 21.0 Å². The van der Waals surface area contributed by atoms with Crippen LogP contribution in [0.3, 0.4) is 0 Å². The van der Waals surface area contributed by atoms with E-state index in [1.54, 1.807) is 18.3 Å². The van der Waals surface area contributed by atoms with Crippen LogP contribution in [0.1, 0.15) is 50.5 Å². The maximum absolute atomic E-state index is 13.8. The summed E-state index contributed by atoms with van der Waals surface area (Å²) in [6.45, 7) is 2.17. The van der Waals surface area contributed by atoms with Gasteiger partial charge in [0.2, 0.25) is 5.65 Å². The molecule has 3 heterocycles. The number of fused-ring (bicyclic) bond motifs is 2. The summed E-state index contributed by atoms with van der Waals surface area (Å²) in [7, 11) is 0. The van der Waals surface area contributed by atoms with Gasteiger partial charge in [-0.15, -0.1) is 0 Å². The Kier molecular flexibility index (Phi) is 5.07. The molecule has 1 fully saturated rings. The summed E-state index contributed by atoms with van der Waals surface area (Å²) in [5.41, 5.74) is 3.45. The lowest BCUT2D eigenvalue weighted by Crippen LogP contribution is -2.23. The number of halogens is 1. The van der Waals surface area contributed by atoms with Gasteiger partial charge in [-0.25, -0.2) is 9.37 Å². The average Bonchev–Trinajstić information content (AvgIpc) is 3.16. The van der Waals surface area contributed by atoms with Gasteiger partial charge in [0.1, 0.15) is 5.82 Å². The predicted octanol–water partition coefficient (Wildman–Crippen LogP) is 6.07. The minimum atomic E-state index is -0.195. The molecule has 1 unspecified atom stereocenters. The number of hydrogen-bond donors (Lipinski definition) is 1. The van der Waals surface area contributed by atoms with Gasteiger partial charge in [-0.05, 0) is 92.8 Å². The molecule has 0 radical (unpaired) electrons. The molecule has 3 aromatic heterocycles. The Morgan fingerprint density at radius 1 is 1.10 bits per heavy atom. The van der Waals surface area contributed by atoms with Crippen LogP contribution in [0.25, 0.3) is 22.1 Å². The lowest BCUT2D eigenvalue weighted by atomic mass is 9.76. The first-order valence-corrected chi connectivity index (χ1v) is 10.7. The van der Waals surface area contributed by atoms with Crippen LogP contribution in [0.4, 0.5) is 10.4 Å². The van der Waals surface area contributed by atoms with Gasteiger partial charge in [0.05, 0.1) is 5.52 Å². The smallest absolute Gasteiger partial charge is 0.297 e. The standard InChI is InChI=1S/C24H25FN4O/c1-15(28-24-29-23-22(30-24)3-2-11-27-23)13-16-4-6-17(7-5-16)19-10-12-26-21-9-8-18(25)14-20(19)21/h2-3,8-12,14-17H,4-7,13H2,1H3,(H,27,28,29). The minimum Gasteiger partial charge on any atom is -0.422 e. The molecule has 0 amide bonds. The number of nitrogens with one attached hydrogen (secondary N) is 1. The van der Waals surface area contributed by atoms with Gasteiger partial charge in [0.25, 0.3) is 6.01 Å². The molecule has 154 valence electrons. The van der Waals surface area contributed by atoms with Crippen LogP contribution in [0.15, 0.2) is 53.2 Å². The van der Waals surface area contributed by atoms with Crippen molar-refractivity contribution in [2.45, 2.75) is 51.0 Å². The zero-order valence-corrected chi connectivity index (χ0v) is 17.0. The third-order valence-corrected chi connectivity index (χ3v) is 6.25. The quantitative estimate of drug-likeness (QED) is 0.437. The van der Waals surface area contributed by atoms with Crippen molar-refractivity contribution in [3.05, 3.63) is 60.2 Å². The Morgan fingerprint density at radius 3 is 2.80 bits per heavy atom. The number of pyridine rings is 2. The summed E-state index contributed by atoms with van der Waals surface area (Å²) in [5.74, 6) is 0.941. The van der Waals surface area contributed by atoms with Crippen molar-refractivity contribution in [1.82, 2.24) is 15.0 Å². The van der Waals surface area contributed by atoms with E-state index < -0.39 is 0 Å². The first-order chi connectivity index (χ1) is 14.7. The van der Waals surface area contributed by atoms with Gasteiger partial charge in [-0.1, -0.05) is 0 Å². The molecular formula is C24H25FN4O.